The van der Waals surface area contributed by atoms with Gasteiger partial charge in [-0.3, -0.25) is 0 Å². The molecule has 3 unspecified atom stereocenters. The molecule has 1 aliphatic rings. The van der Waals surface area contributed by atoms with Crippen LogP contribution in [0.15, 0.2) is 12.1 Å². The molecule has 0 heterocycles. The second kappa shape index (κ2) is 6.33. The fraction of sp³-hybridized carbons (Fsp3) is 0.562. The minimum absolute atomic E-state index is 0.101. The smallest absolute Gasteiger partial charge is 0.340 e. The average molecular weight is 294 g/mol. The van der Waals surface area contributed by atoms with Crippen LogP contribution in [-0.2, 0) is 4.74 Å². The maximum atomic E-state index is 14.1. The predicted octanol–water partition coefficient (Wildman–Crippen LogP) is 3.43. The molecule has 1 aromatic carbocycles. The Kier molecular flexibility index (Phi) is 4.70. The number of esters is 1. The molecule has 21 heavy (non-hydrogen) atoms. The van der Waals surface area contributed by atoms with Gasteiger partial charge in [0.2, 0.25) is 0 Å². The Hall–Kier alpha value is -1.78. The van der Waals surface area contributed by atoms with E-state index in [1.54, 1.807) is 6.92 Å². The summed E-state index contributed by atoms with van der Waals surface area (Å²) in [5, 5.41) is 3.22. The van der Waals surface area contributed by atoms with Crippen molar-refractivity contribution in [3.63, 3.8) is 0 Å². The van der Waals surface area contributed by atoms with Gasteiger partial charge in [-0.15, -0.1) is 0 Å². The Morgan fingerprint density at radius 2 is 2.14 bits per heavy atom. The van der Waals surface area contributed by atoms with Crippen molar-refractivity contribution in [2.75, 3.05) is 17.7 Å². The number of carbonyl (C=O) groups excluding carboxylic acids is 1. The number of anilines is 2. The molecule has 4 nitrogen and oxygen atoms in total. The highest BCUT2D eigenvalue weighted by atomic mass is 19.1. The van der Waals surface area contributed by atoms with Gasteiger partial charge in [-0.1, -0.05) is 13.8 Å². The number of carbonyl (C=O) groups is 1. The van der Waals surface area contributed by atoms with Crippen molar-refractivity contribution < 1.29 is 13.9 Å². The van der Waals surface area contributed by atoms with Crippen LogP contribution in [-0.4, -0.2) is 18.6 Å². The van der Waals surface area contributed by atoms with Crippen LogP contribution >= 0.6 is 0 Å². The van der Waals surface area contributed by atoms with Crippen molar-refractivity contribution in [1.82, 2.24) is 0 Å². The molecule has 5 heteroatoms. The van der Waals surface area contributed by atoms with Crippen LogP contribution in [0.2, 0.25) is 0 Å². The zero-order chi connectivity index (χ0) is 15.6. The van der Waals surface area contributed by atoms with E-state index < -0.39 is 11.8 Å². The molecule has 0 radical (unpaired) electrons. The zero-order valence-corrected chi connectivity index (χ0v) is 12.8. The van der Waals surface area contributed by atoms with Crippen LogP contribution in [0.5, 0.6) is 0 Å². The van der Waals surface area contributed by atoms with Gasteiger partial charge in [-0.2, -0.15) is 0 Å². The zero-order valence-electron chi connectivity index (χ0n) is 12.8. The molecule has 1 fully saturated rings. The van der Waals surface area contributed by atoms with E-state index >= 15 is 0 Å². The Morgan fingerprint density at radius 3 is 2.71 bits per heavy atom. The number of hydrogen-bond acceptors (Lipinski definition) is 4. The standard InChI is InChI=1S/C16H23FN2O2/c1-4-21-16(20)11-7-15(12(17)8-13(11)18)19-14-6-5-9(2)10(14)3/h7-10,14,19H,4-6,18H2,1-3H3. The largest absolute Gasteiger partial charge is 0.462 e. The normalized spacial score (nSPS) is 24.9. The monoisotopic (exact) mass is 294 g/mol. The Labute approximate surface area is 124 Å². The highest BCUT2D eigenvalue weighted by Gasteiger charge is 2.30. The third-order valence-electron chi connectivity index (χ3n) is 4.44. The van der Waals surface area contributed by atoms with E-state index in [0.29, 0.717) is 17.5 Å². The predicted molar refractivity (Wildman–Crippen MR) is 81.7 cm³/mol. The SMILES string of the molecule is CCOC(=O)c1cc(NC2CCC(C)C2C)c(F)cc1N. The fourth-order valence-electron chi connectivity index (χ4n) is 2.85. The second-order valence-corrected chi connectivity index (χ2v) is 5.80. The van der Waals surface area contributed by atoms with Gasteiger partial charge in [0.05, 0.1) is 17.9 Å². The Morgan fingerprint density at radius 1 is 1.43 bits per heavy atom. The fourth-order valence-corrected chi connectivity index (χ4v) is 2.85. The molecule has 0 aliphatic heterocycles. The average Bonchev–Trinajstić information content (AvgIpc) is 2.74. The first-order valence-electron chi connectivity index (χ1n) is 7.46. The van der Waals surface area contributed by atoms with E-state index in [2.05, 4.69) is 19.2 Å². The summed E-state index contributed by atoms with van der Waals surface area (Å²) in [4.78, 5) is 11.8. The Balaban J connectivity index is 2.23. The molecule has 0 spiro atoms. The molecule has 0 saturated heterocycles. The first-order chi connectivity index (χ1) is 9.93. The van der Waals surface area contributed by atoms with Gasteiger partial charge in [-0.05, 0) is 43.7 Å². The number of nitrogens with two attached hydrogens (primary N) is 1. The van der Waals surface area contributed by atoms with Gasteiger partial charge in [0.15, 0.2) is 0 Å². The van der Waals surface area contributed by atoms with Crippen LogP contribution in [0.25, 0.3) is 0 Å². The Bertz CT molecular complexity index is 533. The highest BCUT2D eigenvalue weighted by molar-refractivity contribution is 5.96. The number of nitrogen functional groups attached to an aromatic ring is 1. The topological polar surface area (TPSA) is 64.3 Å². The van der Waals surface area contributed by atoms with E-state index in [1.807, 2.05) is 0 Å². The highest BCUT2D eigenvalue weighted by Crippen LogP contribution is 2.34. The molecular formula is C16H23FN2O2. The molecule has 0 aromatic heterocycles. The van der Waals surface area contributed by atoms with Gasteiger partial charge >= 0.3 is 5.97 Å². The summed E-state index contributed by atoms with van der Waals surface area (Å²) < 4.78 is 19.0. The summed E-state index contributed by atoms with van der Waals surface area (Å²) >= 11 is 0. The molecule has 1 saturated carbocycles. The lowest BCUT2D eigenvalue weighted by atomic mass is 9.97. The van der Waals surface area contributed by atoms with Crippen molar-refractivity contribution >= 4 is 17.3 Å². The number of hydrogen-bond donors (Lipinski definition) is 2. The summed E-state index contributed by atoms with van der Waals surface area (Å²) in [7, 11) is 0. The summed E-state index contributed by atoms with van der Waals surface area (Å²) in [5.41, 5.74) is 6.34. The van der Waals surface area contributed by atoms with Crippen molar-refractivity contribution in [2.45, 2.75) is 39.7 Å². The number of benzene rings is 1. The van der Waals surface area contributed by atoms with E-state index in [1.165, 1.54) is 12.1 Å². The minimum Gasteiger partial charge on any atom is -0.462 e. The van der Waals surface area contributed by atoms with Crippen molar-refractivity contribution in [3.05, 3.63) is 23.5 Å². The van der Waals surface area contributed by atoms with Crippen molar-refractivity contribution in [2.24, 2.45) is 11.8 Å². The van der Waals surface area contributed by atoms with E-state index in [0.717, 1.165) is 12.8 Å². The third-order valence-corrected chi connectivity index (χ3v) is 4.44. The first-order valence-corrected chi connectivity index (χ1v) is 7.46. The molecule has 0 bridgehead atoms. The van der Waals surface area contributed by atoms with E-state index in [9.17, 15) is 9.18 Å². The molecule has 2 rings (SSSR count). The number of ether oxygens (including phenoxy) is 1. The molecular weight excluding hydrogens is 271 g/mol. The van der Waals surface area contributed by atoms with Crippen LogP contribution in [0, 0.1) is 17.7 Å². The summed E-state index contributed by atoms with van der Waals surface area (Å²) in [6.45, 7) is 6.35. The second-order valence-electron chi connectivity index (χ2n) is 5.80. The lowest BCUT2D eigenvalue weighted by Crippen LogP contribution is -2.25. The van der Waals surface area contributed by atoms with Crippen LogP contribution in [0.3, 0.4) is 0 Å². The lowest BCUT2D eigenvalue weighted by molar-refractivity contribution is 0.0527. The summed E-state index contributed by atoms with van der Waals surface area (Å²) in [6.07, 6.45) is 2.13. The molecule has 116 valence electrons. The summed E-state index contributed by atoms with van der Waals surface area (Å²) in [5.74, 6) is 0.120. The quantitative estimate of drug-likeness (QED) is 0.659. The molecule has 3 atom stereocenters. The van der Waals surface area contributed by atoms with Gasteiger partial charge < -0.3 is 15.8 Å². The number of nitrogens with one attached hydrogen (secondary N) is 1. The van der Waals surface area contributed by atoms with E-state index in [-0.39, 0.29) is 23.9 Å². The van der Waals surface area contributed by atoms with Gasteiger partial charge in [0, 0.05) is 11.7 Å². The first kappa shape index (κ1) is 15.6. The molecule has 3 N–H and O–H groups in total. The van der Waals surface area contributed by atoms with Crippen LogP contribution in [0.1, 0.15) is 44.0 Å². The third kappa shape index (κ3) is 3.28. The summed E-state index contributed by atoms with van der Waals surface area (Å²) in [6, 6.07) is 2.85. The van der Waals surface area contributed by atoms with Crippen LogP contribution < -0.4 is 11.1 Å². The van der Waals surface area contributed by atoms with Crippen molar-refractivity contribution in [3.8, 4) is 0 Å². The maximum absolute atomic E-state index is 14.1. The number of rotatable bonds is 4. The van der Waals surface area contributed by atoms with E-state index in [4.69, 9.17) is 10.5 Å². The van der Waals surface area contributed by atoms with Gasteiger partial charge in [0.1, 0.15) is 5.82 Å². The lowest BCUT2D eigenvalue weighted by Gasteiger charge is -2.22. The number of halogens is 1. The maximum Gasteiger partial charge on any atom is 0.340 e. The molecule has 1 aliphatic carbocycles. The van der Waals surface area contributed by atoms with Gasteiger partial charge in [0.25, 0.3) is 0 Å². The molecule has 0 amide bonds. The molecule has 1 aromatic rings. The van der Waals surface area contributed by atoms with Gasteiger partial charge in [-0.25, -0.2) is 9.18 Å². The van der Waals surface area contributed by atoms with Crippen molar-refractivity contribution in [1.29, 1.82) is 0 Å². The minimum atomic E-state index is -0.522. The van der Waals surface area contributed by atoms with Crippen LogP contribution in [0.4, 0.5) is 15.8 Å².